The van der Waals surface area contributed by atoms with Gasteiger partial charge >= 0.3 is 15.6 Å². The Morgan fingerprint density at radius 2 is 1.72 bits per heavy atom. The standard InChI is InChI=1S/C18H15ClF4N2O3S/c19-12-7-11(5-6-13(12)20)25-14-8-24-17(28-29(26,27)18(21,22)23)16-10-3-1-9(2-4-10)15(14)16/h5-10,25H,1-4H2. The van der Waals surface area contributed by atoms with E-state index in [4.69, 9.17) is 11.6 Å². The number of hydrogen-bond donors (Lipinski definition) is 1. The third-order valence-corrected chi connectivity index (χ3v) is 6.57. The lowest BCUT2D eigenvalue weighted by Gasteiger charge is -2.39. The van der Waals surface area contributed by atoms with Crippen LogP contribution in [0.3, 0.4) is 0 Å². The molecule has 156 valence electrons. The normalized spacial score (nSPS) is 21.0. The van der Waals surface area contributed by atoms with E-state index in [1.54, 1.807) is 0 Å². The quantitative estimate of drug-likeness (QED) is 0.373. The summed E-state index contributed by atoms with van der Waals surface area (Å²) in [5.41, 5.74) is -3.49. The van der Waals surface area contributed by atoms with Gasteiger partial charge in [-0.1, -0.05) is 11.6 Å². The van der Waals surface area contributed by atoms with Crippen molar-refractivity contribution in [3.63, 3.8) is 0 Å². The molecular formula is C18H15ClF4N2O3S. The maximum Gasteiger partial charge on any atom is 0.534 e. The van der Waals surface area contributed by atoms with E-state index in [-0.39, 0.29) is 16.9 Å². The van der Waals surface area contributed by atoms with Crippen molar-refractivity contribution in [2.24, 2.45) is 0 Å². The lowest BCUT2D eigenvalue weighted by Crippen LogP contribution is -2.30. The highest BCUT2D eigenvalue weighted by atomic mass is 35.5. The molecule has 0 saturated heterocycles. The van der Waals surface area contributed by atoms with Gasteiger partial charge < -0.3 is 9.50 Å². The summed E-state index contributed by atoms with van der Waals surface area (Å²) in [7, 11) is -5.83. The number of pyridine rings is 1. The minimum Gasteiger partial charge on any atom is -0.355 e. The first kappa shape index (κ1) is 20.2. The van der Waals surface area contributed by atoms with E-state index in [1.165, 1.54) is 24.4 Å². The monoisotopic (exact) mass is 450 g/mol. The first-order valence-electron chi connectivity index (χ1n) is 8.82. The van der Waals surface area contributed by atoms with Crippen molar-refractivity contribution >= 4 is 33.1 Å². The first-order chi connectivity index (χ1) is 13.6. The summed E-state index contributed by atoms with van der Waals surface area (Å²) in [6.45, 7) is 0. The van der Waals surface area contributed by atoms with Gasteiger partial charge in [-0.25, -0.2) is 9.37 Å². The second kappa shape index (κ2) is 7.02. The fourth-order valence-electron chi connectivity index (χ4n) is 4.07. The van der Waals surface area contributed by atoms with E-state index < -0.39 is 27.3 Å². The molecule has 1 heterocycles. The van der Waals surface area contributed by atoms with Crippen LogP contribution in [-0.4, -0.2) is 18.9 Å². The van der Waals surface area contributed by atoms with Crippen LogP contribution in [-0.2, 0) is 10.1 Å². The van der Waals surface area contributed by atoms with Gasteiger partial charge in [0, 0.05) is 11.3 Å². The van der Waals surface area contributed by atoms with E-state index in [0.717, 1.165) is 12.8 Å². The average Bonchev–Trinajstić information content (AvgIpc) is 2.66. The zero-order valence-electron chi connectivity index (χ0n) is 14.8. The van der Waals surface area contributed by atoms with E-state index in [2.05, 4.69) is 14.5 Å². The van der Waals surface area contributed by atoms with Crippen LogP contribution in [0.15, 0.2) is 24.4 Å². The van der Waals surface area contributed by atoms with Gasteiger partial charge in [0.2, 0.25) is 5.88 Å². The van der Waals surface area contributed by atoms with Crippen molar-refractivity contribution < 1.29 is 30.2 Å². The highest BCUT2D eigenvalue weighted by Gasteiger charge is 2.50. The third kappa shape index (κ3) is 3.63. The summed E-state index contributed by atoms with van der Waals surface area (Å²) in [6.07, 6.45) is 4.32. The third-order valence-electron chi connectivity index (χ3n) is 5.34. The molecule has 5 rings (SSSR count). The minimum absolute atomic E-state index is 0.0346. The van der Waals surface area contributed by atoms with Gasteiger partial charge in [-0.15, -0.1) is 0 Å². The van der Waals surface area contributed by atoms with Gasteiger partial charge in [0.25, 0.3) is 0 Å². The molecule has 2 aromatic rings. The fourth-order valence-corrected chi connectivity index (χ4v) is 4.69. The molecule has 1 saturated carbocycles. The molecule has 2 bridgehead atoms. The van der Waals surface area contributed by atoms with Crippen molar-refractivity contribution in [2.75, 3.05) is 5.32 Å². The minimum atomic E-state index is -5.83. The Labute approximate surface area is 169 Å². The number of fused-ring (bicyclic) bond motifs is 2. The van der Waals surface area contributed by atoms with Crippen molar-refractivity contribution in [1.29, 1.82) is 0 Å². The molecule has 0 radical (unpaired) electrons. The Bertz CT molecular complexity index is 1070. The molecule has 5 nitrogen and oxygen atoms in total. The molecule has 3 aliphatic carbocycles. The number of rotatable bonds is 4. The van der Waals surface area contributed by atoms with Crippen molar-refractivity contribution in [3.05, 3.63) is 46.4 Å². The molecule has 0 aliphatic heterocycles. The molecule has 3 aliphatic rings. The molecule has 0 atom stereocenters. The van der Waals surface area contributed by atoms with E-state index in [1.807, 2.05) is 0 Å². The van der Waals surface area contributed by atoms with Crippen molar-refractivity contribution in [2.45, 2.75) is 43.0 Å². The Morgan fingerprint density at radius 3 is 2.31 bits per heavy atom. The maximum absolute atomic E-state index is 13.4. The second-order valence-electron chi connectivity index (χ2n) is 7.09. The summed E-state index contributed by atoms with van der Waals surface area (Å²) < 4.78 is 79.1. The van der Waals surface area contributed by atoms with Crippen LogP contribution in [0, 0.1) is 5.82 Å². The molecule has 11 heteroatoms. The Hall–Kier alpha value is -2.07. The van der Waals surface area contributed by atoms with Gasteiger partial charge in [0.05, 0.1) is 16.9 Å². The van der Waals surface area contributed by atoms with Crippen LogP contribution < -0.4 is 9.50 Å². The van der Waals surface area contributed by atoms with Gasteiger partial charge in [0.15, 0.2) is 0 Å². The Kier molecular flexibility index (Phi) is 4.89. The Balaban J connectivity index is 1.78. The number of nitrogens with one attached hydrogen (secondary N) is 1. The maximum atomic E-state index is 13.4. The number of aromatic nitrogens is 1. The number of anilines is 2. The zero-order chi connectivity index (χ0) is 21.0. The SMILES string of the molecule is O=S(=O)(Oc1ncc(Nc2ccc(F)c(Cl)c2)c2c1C1CCC2CC1)C(F)(F)F. The van der Waals surface area contributed by atoms with Gasteiger partial charge in [-0.05, 0) is 61.3 Å². The molecule has 1 aromatic carbocycles. The van der Waals surface area contributed by atoms with Crippen LogP contribution in [0.4, 0.5) is 28.9 Å². The predicted octanol–water partition coefficient (Wildman–Crippen LogP) is 5.60. The van der Waals surface area contributed by atoms with Gasteiger partial charge in [-0.3, -0.25) is 0 Å². The smallest absolute Gasteiger partial charge is 0.355 e. The summed E-state index contributed by atoms with van der Waals surface area (Å²) >= 11 is 5.80. The van der Waals surface area contributed by atoms with Crippen LogP contribution in [0.1, 0.15) is 48.6 Å². The highest BCUT2D eigenvalue weighted by molar-refractivity contribution is 7.87. The van der Waals surface area contributed by atoms with Gasteiger partial charge in [-0.2, -0.15) is 21.6 Å². The van der Waals surface area contributed by atoms with Crippen LogP contribution in [0.2, 0.25) is 5.02 Å². The highest BCUT2D eigenvalue weighted by Crippen LogP contribution is 2.54. The Morgan fingerprint density at radius 1 is 1.10 bits per heavy atom. The number of nitrogens with zero attached hydrogens (tertiary/aromatic N) is 1. The molecule has 0 amide bonds. The molecule has 29 heavy (non-hydrogen) atoms. The molecule has 1 N–H and O–H groups in total. The summed E-state index contributed by atoms with van der Waals surface area (Å²) in [6, 6.07) is 4.03. The largest absolute Gasteiger partial charge is 0.534 e. The molecule has 1 fully saturated rings. The fraction of sp³-hybridized carbons (Fsp3) is 0.389. The molecule has 1 aromatic heterocycles. The summed E-state index contributed by atoms with van der Waals surface area (Å²) in [5, 5.41) is 2.98. The molecular weight excluding hydrogens is 436 g/mol. The van der Waals surface area contributed by atoms with E-state index >= 15 is 0 Å². The summed E-state index contributed by atoms with van der Waals surface area (Å²) in [5.74, 6) is -1.22. The topological polar surface area (TPSA) is 68.3 Å². The number of alkyl halides is 3. The number of hydrogen-bond acceptors (Lipinski definition) is 5. The van der Waals surface area contributed by atoms with Crippen LogP contribution in [0.25, 0.3) is 0 Å². The first-order valence-corrected chi connectivity index (χ1v) is 10.6. The number of halogens is 5. The number of benzene rings is 1. The van der Waals surface area contributed by atoms with E-state index in [0.29, 0.717) is 35.3 Å². The molecule has 0 unspecified atom stereocenters. The molecule has 0 spiro atoms. The average molecular weight is 451 g/mol. The zero-order valence-corrected chi connectivity index (χ0v) is 16.3. The predicted molar refractivity (Wildman–Crippen MR) is 98.5 cm³/mol. The lowest BCUT2D eigenvalue weighted by molar-refractivity contribution is -0.0501. The van der Waals surface area contributed by atoms with Crippen LogP contribution in [0.5, 0.6) is 5.88 Å². The lowest BCUT2D eigenvalue weighted by atomic mass is 9.67. The van der Waals surface area contributed by atoms with E-state index in [9.17, 15) is 26.0 Å². The van der Waals surface area contributed by atoms with Crippen molar-refractivity contribution in [3.8, 4) is 5.88 Å². The van der Waals surface area contributed by atoms with Crippen molar-refractivity contribution in [1.82, 2.24) is 4.98 Å². The van der Waals surface area contributed by atoms with Crippen LogP contribution >= 0.6 is 11.6 Å². The second-order valence-corrected chi connectivity index (χ2v) is 9.04. The summed E-state index contributed by atoms with van der Waals surface area (Å²) in [4.78, 5) is 3.87. The van der Waals surface area contributed by atoms with Gasteiger partial charge in [0.1, 0.15) is 5.82 Å².